The molecule has 1 saturated heterocycles. The SMILES string of the molecule is CCCCCC[C@H]1O[C@H]2C3=C(O[C@H]2[C@H]1O)[C@H](O)CCC3=O. The van der Waals surface area contributed by atoms with Gasteiger partial charge in [0.2, 0.25) is 0 Å². The predicted molar refractivity (Wildman–Crippen MR) is 75.6 cm³/mol. The third-order valence-electron chi connectivity index (χ3n) is 4.74. The van der Waals surface area contributed by atoms with Crippen molar-refractivity contribution in [3.63, 3.8) is 0 Å². The molecule has 118 valence electrons. The van der Waals surface area contributed by atoms with Crippen LogP contribution in [0, 0.1) is 0 Å². The van der Waals surface area contributed by atoms with Crippen molar-refractivity contribution >= 4 is 5.78 Å². The van der Waals surface area contributed by atoms with E-state index in [1.165, 1.54) is 12.8 Å². The molecule has 0 aromatic carbocycles. The molecular weight excluding hydrogens is 272 g/mol. The zero-order valence-electron chi connectivity index (χ0n) is 12.5. The Morgan fingerprint density at radius 2 is 2.05 bits per heavy atom. The summed E-state index contributed by atoms with van der Waals surface area (Å²) in [6.07, 6.45) is 3.27. The van der Waals surface area contributed by atoms with E-state index in [4.69, 9.17) is 9.47 Å². The van der Waals surface area contributed by atoms with Gasteiger partial charge in [-0.25, -0.2) is 0 Å². The van der Waals surface area contributed by atoms with Gasteiger partial charge in [-0.3, -0.25) is 4.79 Å². The van der Waals surface area contributed by atoms with E-state index in [9.17, 15) is 15.0 Å². The first-order valence-electron chi connectivity index (χ1n) is 8.09. The lowest BCUT2D eigenvalue weighted by Gasteiger charge is -2.22. The van der Waals surface area contributed by atoms with Crippen molar-refractivity contribution in [2.75, 3.05) is 0 Å². The van der Waals surface area contributed by atoms with Crippen molar-refractivity contribution in [1.82, 2.24) is 0 Å². The first-order chi connectivity index (χ1) is 10.1. The van der Waals surface area contributed by atoms with Crippen LogP contribution in [0.25, 0.3) is 0 Å². The van der Waals surface area contributed by atoms with E-state index >= 15 is 0 Å². The minimum atomic E-state index is -0.734. The Morgan fingerprint density at radius 3 is 2.81 bits per heavy atom. The van der Waals surface area contributed by atoms with Crippen LogP contribution in [0.15, 0.2) is 11.3 Å². The molecule has 0 aromatic rings. The molecule has 0 amide bonds. The average molecular weight is 296 g/mol. The minimum Gasteiger partial charge on any atom is -0.486 e. The highest BCUT2D eigenvalue weighted by Crippen LogP contribution is 2.43. The van der Waals surface area contributed by atoms with Crippen molar-refractivity contribution in [2.24, 2.45) is 0 Å². The van der Waals surface area contributed by atoms with Crippen molar-refractivity contribution in [3.8, 4) is 0 Å². The summed E-state index contributed by atoms with van der Waals surface area (Å²) in [4.78, 5) is 12.1. The summed E-state index contributed by atoms with van der Waals surface area (Å²) in [7, 11) is 0. The fourth-order valence-electron chi connectivity index (χ4n) is 3.55. The van der Waals surface area contributed by atoms with Gasteiger partial charge in [0, 0.05) is 6.42 Å². The van der Waals surface area contributed by atoms with Crippen LogP contribution in [0.2, 0.25) is 0 Å². The number of ketones is 1. The van der Waals surface area contributed by atoms with Crippen molar-refractivity contribution in [2.45, 2.75) is 82.4 Å². The number of hydrogen-bond donors (Lipinski definition) is 2. The maximum Gasteiger partial charge on any atom is 0.165 e. The quantitative estimate of drug-likeness (QED) is 0.751. The normalized spacial score (nSPS) is 38.4. The number of aliphatic hydroxyl groups is 2. The lowest BCUT2D eigenvalue weighted by Crippen LogP contribution is -2.32. The van der Waals surface area contributed by atoms with E-state index in [0.29, 0.717) is 24.2 Å². The Morgan fingerprint density at radius 1 is 1.24 bits per heavy atom. The molecule has 3 aliphatic rings. The first kappa shape index (κ1) is 15.0. The maximum atomic E-state index is 12.1. The van der Waals surface area contributed by atoms with Gasteiger partial charge in [-0.05, 0) is 12.8 Å². The number of carbonyl (C=O) groups is 1. The van der Waals surface area contributed by atoms with Gasteiger partial charge < -0.3 is 19.7 Å². The summed E-state index contributed by atoms with van der Waals surface area (Å²) >= 11 is 0. The molecule has 5 atom stereocenters. The van der Waals surface area contributed by atoms with Crippen LogP contribution < -0.4 is 0 Å². The van der Waals surface area contributed by atoms with Gasteiger partial charge in [-0.1, -0.05) is 32.6 Å². The predicted octanol–water partition coefficient (Wildman–Crippen LogP) is 1.46. The highest BCUT2D eigenvalue weighted by molar-refractivity contribution is 5.98. The molecule has 0 bridgehead atoms. The zero-order valence-corrected chi connectivity index (χ0v) is 12.5. The molecular formula is C16H24O5. The van der Waals surface area contributed by atoms with Gasteiger partial charge in [-0.15, -0.1) is 0 Å². The van der Waals surface area contributed by atoms with E-state index in [1.54, 1.807) is 0 Å². The minimum absolute atomic E-state index is 0.0124. The van der Waals surface area contributed by atoms with Crippen LogP contribution in [-0.4, -0.2) is 46.5 Å². The molecule has 2 aliphatic heterocycles. The molecule has 0 saturated carbocycles. The standard InChI is InChI=1S/C16H24O5/c1-2-3-4-5-6-11-13(19)16-15(20-11)12-9(17)7-8-10(18)14(12)21-16/h10-11,13,15-16,18-19H,2-8H2,1H3/t10-,11-,13+,15+,16+/m1/s1. The number of fused-ring (bicyclic) bond motifs is 2. The smallest absolute Gasteiger partial charge is 0.165 e. The van der Waals surface area contributed by atoms with E-state index in [0.717, 1.165) is 19.3 Å². The number of rotatable bonds is 5. The summed E-state index contributed by atoms with van der Waals surface area (Å²) in [5.74, 6) is 0.325. The lowest BCUT2D eigenvalue weighted by molar-refractivity contribution is -0.118. The van der Waals surface area contributed by atoms with Crippen molar-refractivity contribution < 1.29 is 24.5 Å². The molecule has 2 heterocycles. The molecule has 0 spiro atoms. The maximum absolute atomic E-state index is 12.1. The number of Topliss-reactive ketones (excluding diaryl/α,β-unsaturated/α-hetero) is 1. The van der Waals surface area contributed by atoms with Gasteiger partial charge >= 0.3 is 0 Å². The van der Waals surface area contributed by atoms with E-state index in [2.05, 4.69) is 6.92 Å². The monoisotopic (exact) mass is 296 g/mol. The number of carbonyl (C=O) groups excluding carboxylic acids is 1. The van der Waals surface area contributed by atoms with Crippen LogP contribution in [0.4, 0.5) is 0 Å². The van der Waals surface area contributed by atoms with Gasteiger partial charge in [-0.2, -0.15) is 0 Å². The first-order valence-corrected chi connectivity index (χ1v) is 8.09. The van der Waals surface area contributed by atoms with E-state index in [1.807, 2.05) is 0 Å². The molecule has 5 heteroatoms. The third kappa shape index (κ3) is 2.62. The van der Waals surface area contributed by atoms with Gasteiger partial charge in [0.1, 0.15) is 24.1 Å². The van der Waals surface area contributed by atoms with Crippen molar-refractivity contribution in [3.05, 3.63) is 11.3 Å². The fourth-order valence-corrected chi connectivity index (χ4v) is 3.55. The average Bonchev–Trinajstić information content (AvgIpc) is 2.98. The Labute approximate surface area is 124 Å². The highest BCUT2D eigenvalue weighted by Gasteiger charge is 2.55. The van der Waals surface area contributed by atoms with E-state index < -0.39 is 24.4 Å². The largest absolute Gasteiger partial charge is 0.486 e. The molecule has 3 rings (SSSR count). The third-order valence-corrected chi connectivity index (χ3v) is 4.74. The van der Waals surface area contributed by atoms with Crippen LogP contribution in [0.3, 0.4) is 0 Å². The van der Waals surface area contributed by atoms with Crippen LogP contribution >= 0.6 is 0 Å². The molecule has 2 N–H and O–H groups in total. The van der Waals surface area contributed by atoms with Gasteiger partial charge in [0.15, 0.2) is 11.9 Å². The lowest BCUT2D eigenvalue weighted by atomic mass is 9.91. The Balaban J connectivity index is 1.66. The number of hydrogen-bond acceptors (Lipinski definition) is 5. The Bertz CT molecular complexity index is 444. The van der Waals surface area contributed by atoms with Crippen LogP contribution in [0.5, 0.6) is 0 Å². The topological polar surface area (TPSA) is 76.0 Å². The Kier molecular flexibility index (Phi) is 4.33. The summed E-state index contributed by atoms with van der Waals surface area (Å²) in [5.41, 5.74) is 0.467. The molecule has 1 fully saturated rings. The number of unbranched alkanes of at least 4 members (excludes halogenated alkanes) is 3. The molecule has 0 aromatic heterocycles. The number of ether oxygens (including phenoxy) is 2. The molecule has 1 aliphatic carbocycles. The number of aliphatic hydroxyl groups excluding tert-OH is 2. The second kappa shape index (κ2) is 6.07. The second-order valence-electron chi connectivity index (χ2n) is 6.27. The second-order valence-corrected chi connectivity index (χ2v) is 6.27. The highest BCUT2D eigenvalue weighted by atomic mass is 16.6. The molecule has 21 heavy (non-hydrogen) atoms. The van der Waals surface area contributed by atoms with Gasteiger partial charge in [0.25, 0.3) is 0 Å². The molecule has 0 unspecified atom stereocenters. The zero-order chi connectivity index (χ0) is 15.0. The fraction of sp³-hybridized carbons (Fsp3) is 0.812. The molecule has 5 nitrogen and oxygen atoms in total. The van der Waals surface area contributed by atoms with E-state index in [-0.39, 0.29) is 11.9 Å². The van der Waals surface area contributed by atoms with Crippen LogP contribution in [-0.2, 0) is 14.3 Å². The summed E-state index contributed by atoms with van der Waals surface area (Å²) in [5, 5.41) is 20.3. The summed E-state index contributed by atoms with van der Waals surface area (Å²) in [6, 6.07) is 0. The summed E-state index contributed by atoms with van der Waals surface area (Å²) in [6.45, 7) is 2.16. The Hall–Kier alpha value is -0.910. The molecule has 0 radical (unpaired) electrons. The summed E-state index contributed by atoms with van der Waals surface area (Å²) < 4.78 is 11.6. The van der Waals surface area contributed by atoms with Gasteiger partial charge in [0.05, 0.1) is 11.7 Å². The van der Waals surface area contributed by atoms with Crippen molar-refractivity contribution in [1.29, 1.82) is 0 Å². The van der Waals surface area contributed by atoms with Crippen LogP contribution in [0.1, 0.15) is 51.9 Å².